The molecule has 1 saturated heterocycles. The highest BCUT2D eigenvalue weighted by Gasteiger charge is 2.23. The van der Waals surface area contributed by atoms with Crippen LogP contribution in [0.15, 0.2) is 30.5 Å². The number of aromatic nitrogens is 2. The Morgan fingerprint density at radius 3 is 2.58 bits per heavy atom. The molecule has 1 aromatic carbocycles. The van der Waals surface area contributed by atoms with Crippen LogP contribution in [0.3, 0.4) is 0 Å². The maximum atomic E-state index is 11.6. The van der Waals surface area contributed by atoms with E-state index in [1.54, 1.807) is 17.9 Å². The number of amides is 1. The van der Waals surface area contributed by atoms with E-state index < -0.39 is 0 Å². The smallest absolute Gasteiger partial charge is 0.253 e. The first-order valence-corrected chi connectivity index (χ1v) is 6.00. The second-order valence-electron chi connectivity index (χ2n) is 4.39. The van der Waals surface area contributed by atoms with Crippen LogP contribution in [-0.2, 0) is 16.7 Å². The number of rotatable bonds is 2. The largest absolute Gasteiger partial charge is 0.383 e. The summed E-state index contributed by atoms with van der Waals surface area (Å²) in [4.78, 5) is 16.8. The summed E-state index contributed by atoms with van der Waals surface area (Å²) in [5.41, 5.74) is 8.50. The number of nitrogens with two attached hydrogens (primary N) is 1. The topological polar surface area (TPSA) is 73.4 Å². The molecule has 19 heavy (non-hydrogen) atoms. The van der Waals surface area contributed by atoms with Crippen molar-refractivity contribution >= 4 is 17.4 Å². The minimum atomic E-state index is -0.0198. The molecule has 2 N–H and O–H groups in total. The van der Waals surface area contributed by atoms with Crippen LogP contribution in [0, 0.1) is 0 Å². The molecule has 3 rings (SSSR count). The summed E-state index contributed by atoms with van der Waals surface area (Å²) < 4.78 is 1.62. The van der Waals surface area contributed by atoms with E-state index in [-0.39, 0.29) is 5.91 Å². The van der Waals surface area contributed by atoms with Crippen molar-refractivity contribution in [2.24, 2.45) is 7.05 Å². The predicted octanol–water partition coefficient (Wildman–Crippen LogP) is 1.34. The Morgan fingerprint density at radius 1 is 1.32 bits per heavy atom. The molecular formula is C13H14N4O2. The summed E-state index contributed by atoms with van der Waals surface area (Å²) in [7, 11) is 1.80. The van der Waals surface area contributed by atoms with E-state index >= 15 is 0 Å². The summed E-state index contributed by atoms with van der Waals surface area (Å²) in [5, 5.41) is 5.44. The van der Waals surface area contributed by atoms with Gasteiger partial charge < -0.3 is 5.73 Å². The van der Waals surface area contributed by atoms with Crippen LogP contribution < -0.4 is 10.8 Å². The van der Waals surface area contributed by atoms with E-state index in [0.717, 1.165) is 16.8 Å². The zero-order valence-corrected chi connectivity index (χ0v) is 10.5. The van der Waals surface area contributed by atoms with Gasteiger partial charge in [0.2, 0.25) is 0 Å². The summed E-state index contributed by atoms with van der Waals surface area (Å²) >= 11 is 0. The number of carbonyl (C=O) groups is 1. The molecule has 0 aliphatic carbocycles. The lowest BCUT2D eigenvalue weighted by atomic mass is 10.1. The fourth-order valence-corrected chi connectivity index (χ4v) is 2.06. The molecule has 1 amide bonds. The number of hydroxylamine groups is 1. The van der Waals surface area contributed by atoms with Gasteiger partial charge in [-0.15, -0.1) is 0 Å². The quantitative estimate of drug-likeness (QED) is 0.882. The van der Waals surface area contributed by atoms with Gasteiger partial charge in [0.15, 0.2) is 0 Å². The molecule has 1 aliphatic rings. The highest BCUT2D eigenvalue weighted by molar-refractivity contribution is 5.93. The first kappa shape index (κ1) is 11.7. The Morgan fingerprint density at radius 2 is 2.05 bits per heavy atom. The Hall–Kier alpha value is -2.34. The van der Waals surface area contributed by atoms with Crippen molar-refractivity contribution in [1.82, 2.24) is 9.78 Å². The second kappa shape index (κ2) is 4.40. The van der Waals surface area contributed by atoms with Crippen LogP contribution in [-0.4, -0.2) is 22.3 Å². The Labute approximate surface area is 110 Å². The number of nitrogens with zero attached hydrogens (tertiary/aromatic N) is 3. The number of hydrogen-bond acceptors (Lipinski definition) is 4. The van der Waals surface area contributed by atoms with Crippen molar-refractivity contribution < 1.29 is 9.63 Å². The van der Waals surface area contributed by atoms with Crippen molar-refractivity contribution in [2.75, 3.05) is 17.4 Å². The Balaban J connectivity index is 1.91. The molecule has 1 aromatic heterocycles. The van der Waals surface area contributed by atoms with Gasteiger partial charge in [0.05, 0.1) is 24.9 Å². The number of benzene rings is 1. The zero-order valence-electron chi connectivity index (χ0n) is 10.5. The van der Waals surface area contributed by atoms with Gasteiger partial charge >= 0.3 is 0 Å². The molecule has 6 heteroatoms. The van der Waals surface area contributed by atoms with E-state index in [1.807, 2.05) is 24.3 Å². The molecule has 98 valence electrons. The molecule has 2 aromatic rings. The van der Waals surface area contributed by atoms with E-state index in [2.05, 4.69) is 5.10 Å². The minimum absolute atomic E-state index is 0.0198. The monoisotopic (exact) mass is 258 g/mol. The van der Waals surface area contributed by atoms with Crippen molar-refractivity contribution in [3.05, 3.63) is 30.5 Å². The SMILES string of the molecule is Cn1ncc(-c2ccc(N3OCCC3=O)cc2)c1N. The molecule has 1 aliphatic heterocycles. The third-order valence-corrected chi connectivity index (χ3v) is 3.16. The molecular weight excluding hydrogens is 244 g/mol. The highest BCUT2D eigenvalue weighted by Crippen LogP contribution is 2.28. The summed E-state index contributed by atoms with van der Waals surface area (Å²) in [5.74, 6) is 0.592. The molecule has 0 radical (unpaired) electrons. The first-order valence-electron chi connectivity index (χ1n) is 6.00. The lowest BCUT2D eigenvalue weighted by Gasteiger charge is -2.14. The summed E-state index contributed by atoms with van der Waals surface area (Å²) in [6.07, 6.45) is 2.15. The van der Waals surface area contributed by atoms with Crippen molar-refractivity contribution in [1.29, 1.82) is 0 Å². The molecule has 0 atom stereocenters. The van der Waals surface area contributed by atoms with Crippen LogP contribution in [0.25, 0.3) is 11.1 Å². The normalized spacial score (nSPS) is 15.2. The maximum Gasteiger partial charge on any atom is 0.253 e. The third-order valence-electron chi connectivity index (χ3n) is 3.16. The number of nitrogen functional groups attached to an aromatic ring is 1. The Kier molecular flexibility index (Phi) is 2.72. The number of carbonyl (C=O) groups excluding carboxylic acids is 1. The summed E-state index contributed by atoms with van der Waals surface area (Å²) in [6, 6.07) is 7.48. The molecule has 0 saturated carbocycles. The fourth-order valence-electron chi connectivity index (χ4n) is 2.06. The minimum Gasteiger partial charge on any atom is -0.383 e. The maximum absolute atomic E-state index is 11.6. The summed E-state index contributed by atoms with van der Waals surface area (Å²) in [6.45, 7) is 0.441. The van der Waals surface area contributed by atoms with Crippen LogP contribution >= 0.6 is 0 Å². The highest BCUT2D eigenvalue weighted by atomic mass is 16.7. The van der Waals surface area contributed by atoms with Gasteiger partial charge in [-0.1, -0.05) is 12.1 Å². The van der Waals surface area contributed by atoms with Gasteiger partial charge in [0, 0.05) is 12.6 Å². The molecule has 0 spiro atoms. The van der Waals surface area contributed by atoms with E-state index in [0.29, 0.717) is 18.8 Å². The van der Waals surface area contributed by atoms with Crippen LogP contribution in [0.5, 0.6) is 0 Å². The Bertz CT molecular complexity index is 618. The average Bonchev–Trinajstić information content (AvgIpc) is 2.98. The van der Waals surface area contributed by atoms with Crippen LogP contribution in [0.2, 0.25) is 0 Å². The van der Waals surface area contributed by atoms with Gasteiger partial charge in [-0.3, -0.25) is 14.3 Å². The van der Waals surface area contributed by atoms with Gasteiger partial charge in [0.25, 0.3) is 5.91 Å². The van der Waals surface area contributed by atoms with Crippen LogP contribution in [0.4, 0.5) is 11.5 Å². The average molecular weight is 258 g/mol. The van der Waals surface area contributed by atoms with Crippen molar-refractivity contribution in [3.8, 4) is 11.1 Å². The second-order valence-corrected chi connectivity index (χ2v) is 4.39. The van der Waals surface area contributed by atoms with E-state index in [4.69, 9.17) is 10.6 Å². The van der Waals surface area contributed by atoms with E-state index in [9.17, 15) is 4.79 Å². The van der Waals surface area contributed by atoms with Crippen molar-refractivity contribution in [2.45, 2.75) is 6.42 Å². The molecule has 2 heterocycles. The predicted molar refractivity (Wildman–Crippen MR) is 71.1 cm³/mol. The fraction of sp³-hybridized carbons (Fsp3) is 0.231. The van der Waals surface area contributed by atoms with Gasteiger partial charge in [-0.05, 0) is 17.7 Å². The van der Waals surface area contributed by atoms with Gasteiger partial charge in [-0.25, -0.2) is 0 Å². The molecule has 0 bridgehead atoms. The first-order chi connectivity index (χ1) is 9.16. The van der Waals surface area contributed by atoms with Crippen molar-refractivity contribution in [3.63, 3.8) is 0 Å². The zero-order chi connectivity index (χ0) is 13.4. The number of aryl methyl sites for hydroxylation is 1. The van der Waals surface area contributed by atoms with E-state index in [1.165, 1.54) is 5.06 Å². The lowest BCUT2D eigenvalue weighted by molar-refractivity contribution is -0.119. The van der Waals surface area contributed by atoms with Gasteiger partial charge in [-0.2, -0.15) is 10.2 Å². The van der Waals surface area contributed by atoms with Crippen LogP contribution in [0.1, 0.15) is 6.42 Å². The molecule has 1 fully saturated rings. The number of hydrogen-bond donors (Lipinski definition) is 1. The molecule has 0 unspecified atom stereocenters. The number of anilines is 2. The molecule has 6 nitrogen and oxygen atoms in total. The third kappa shape index (κ3) is 1.96. The lowest BCUT2D eigenvalue weighted by Crippen LogP contribution is -2.21. The van der Waals surface area contributed by atoms with Gasteiger partial charge in [0.1, 0.15) is 5.82 Å². The standard InChI is InChI=1S/C13H14N4O2/c1-16-13(14)11(8-15-16)9-2-4-10(5-3-9)17-12(18)6-7-19-17/h2-5,8H,6-7,14H2,1H3.